The smallest absolute Gasteiger partial charge is 0.327 e. The molecule has 6 heteroatoms. The Balaban J connectivity index is 2.50. The largest absolute Gasteiger partial charge is 0.480 e. The maximum absolute atomic E-state index is 11.5. The van der Waals surface area contributed by atoms with Gasteiger partial charge in [0.2, 0.25) is 0 Å². The highest BCUT2D eigenvalue weighted by Gasteiger charge is 2.18. The summed E-state index contributed by atoms with van der Waals surface area (Å²) in [4.78, 5) is 26.3. The lowest BCUT2D eigenvalue weighted by atomic mass is 10.1. The molecule has 3 N–H and O–H groups in total. The fourth-order valence-corrected chi connectivity index (χ4v) is 1.40. The molecule has 0 bridgehead atoms. The van der Waals surface area contributed by atoms with E-state index in [2.05, 4.69) is 21.5 Å². The molecule has 0 aliphatic rings. The Morgan fingerprint density at radius 2 is 2.32 bits per heavy atom. The van der Waals surface area contributed by atoms with Gasteiger partial charge in [0.05, 0.1) is 0 Å². The highest BCUT2D eigenvalue weighted by Crippen LogP contribution is 2.03. The zero-order valence-corrected chi connectivity index (χ0v) is 10.5. The fourth-order valence-electron chi connectivity index (χ4n) is 1.40. The second-order valence-corrected chi connectivity index (χ2v) is 3.93. The summed E-state index contributed by atoms with van der Waals surface area (Å²) in [5.74, 6) is 1.05. The lowest BCUT2D eigenvalue weighted by Crippen LogP contribution is -2.45. The van der Waals surface area contributed by atoms with E-state index in [1.807, 2.05) is 6.92 Å². The number of terminal acetylenes is 1. The summed E-state index contributed by atoms with van der Waals surface area (Å²) in [5.41, 5.74) is 1.86. The van der Waals surface area contributed by atoms with Crippen LogP contribution in [0.5, 0.6) is 0 Å². The van der Waals surface area contributed by atoms with E-state index in [-0.39, 0.29) is 6.42 Å². The molecule has 0 aliphatic carbocycles. The molecule has 0 aliphatic heterocycles. The van der Waals surface area contributed by atoms with Crippen LogP contribution in [0.2, 0.25) is 0 Å². The topological polar surface area (TPSA) is 91.3 Å². The number of carbonyl (C=O) groups is 2. The van der Waals surface area contributed by atoms with Gasteiger partial charge in [0.1, 0.15) is 6.04 Å². The number of carboxylic acids is 1. The van der Waals surface area contributed by atoms with E-state index in [0.717, 1.165) is 11.1 Å². The summed E-state index contributed by atoms with van der Waals surface area (Å²) in [7, 11) is 0. The van der Waals surface area contributed by atoms with E-state index in [9.17, 15) is 9.59 Å². The molecule has 19 heavy (non-hydrogen) atoms. The molecule has 1 atom stereocenters. The lowest BCUT2D eigenvalue weighted by molar-refractivity contribution is -0.139. The van der Waals surface area contributed by atoms with Crippen molar-refractivity contribution in [1.29, 1.82) is 0 Å². The molecule has 1 unspecified atom stereocenters. The molecule has 1 rings (SSSR count). The first-order valence-corrected chi connectivity index (χ1v) is 5.64. The first-order valence-electron chi connectivity index (χ1n) is 5.64. The normalized spacial score (nSPS) is 11.2. The van der Waals surface area contributed by atoms with E-state index in [1.54, 1.807) is 18.5 Å². The van der Waals surface area contributed by atoms with Gasteiger partial charge in [-0.2, -0.15) is 0 Å². The quantitative estimate of drug-likeness (QED) is 0.679. The second-order valence-electron chi connectivity index (χ2n) is 3.93. The average molecular weight is 261 g/mol. The Kier molecular flexibility index (Phi) is 5.35. The maximum atomic E-state index is 11.5. The monoisotopic (exact) mass is 261 g/mol. The summed E-state index contributed by atoms with van der Waals surface area (Å²) < 4.78 is 0. The summed E-state index contributed by atoms with van der Waals surface area (Å²) in [6.07, 6.45) is 8.29. The zero-order valence-electron chi connectivity index (χ0n) is 10.5. The van der Waals surface area contributed by atoms with Gasteiger partial charge in [-0.15, -0.1) is 12.3 Å². The van der Waals surface area contributed by atoms with Crippen LogP contribution in [0.25, 0.3) is 0 Å². The van der Waals surface area contributed by atoms with Gasteiger partial charge in [0.15, 0.2) is 0 Å². The Hall–Kier alpha value is -2.55. The van der Waals surface area contributed by atoms with Crippen LogP contribution in [0.3, 0.4) is 0 Å². The van der Waals surface area contributed by atoms with Crippen LogP contribution in [-0.4, -0.2) is 28.1 Å². The predicted molar refractivity (Wildman–Crippen MR) is 69.2 cm³/mol. The number of rotatable bonds is 5. The third-order valence-electron chi connectivity index (χ3n) is 2.50. The molecule has 6 nitrogen and oxygen atoms in total. The van der Waals surface area contributed by atoms with E-state index >= 15 is 0 Å². The number of carboxylic acid groups (broad SMARTS) is 1. The molecular formula is C13H15N3O3. The number of aliphatic carboxylic acids is 1. The number of hydrogen-bond acceptors (Lipinski definition) is 3. The molecule has 0 saturated heterocycles. The molecule has 1 aromatic rings. The minimum atomic E-state index is -1.16. The highest BCUT2D eigenvalue weighted by atomic mass is 16.4. The standard InChI is InChI=1S/C13H15N3O3/c1-3-4-11(12(17)18)16-13(19)15-8-10-5-6-14-7-9(10)2/h1,5-7,11H,4,8H2,2H3,(H,17,18)(H2,15,16,19). The Morgan fingerprint density at radius 1 is 1.58 bits per heavy atom. The van der Waals surface area contributed by atoms with Crippen molar-refractivity contribution in [3.05, 3.63) is 29.6 Å². The average Bonchev–Trinajstić information content (AvgIpc) is 2.37. The number of amides is 2. The number of nitrogens with zero attached hydrogens (tertiary/aromatic N) is 1. The maximum Gasteiger partial charge on any atom is 0.327 e. The van der Waals surface area contributed by atoms with Crippen molar-refractivity contribution in [2.45, 2.75) is 25.9 Å². The minimum absolute atomic E-state index is 0.0585. The third kappa shape index (κ3) is 4.68. The lowest BCUT2D eigenvalue weighted by Gasteiger charge is -2.13. The first kappa shape index (κ1) is 14.5. The number of nitrogens with one attached hydrogen (secondary N) is 2. The molecule has 0 aromatic carbocycles. The third-order valence-corrected chi connectivity index (χ3v) is 2.50. The van der Waals surface area contributed by atoms with E-state index in [0.29, 0.717) is 6.54 Å². The molecule has 0 spiro atoms. The van der Waals surface area contributed by atoms with Crippen molar-refractivity contribution in [3.63, 3.8) is 0 Å². The number of pyridine rings is 1. The van der Waals surface area contributed by atoms with Gasteiger partial charge in [-0.25, -0.2) is 9.59 Å². The van der Waals surface area contributed by atoms with Crippen LogP contribution < -0.4 is 10.6 Å². The minimum Gasteiger partial charge on any atom is -0.480 e. The van der Waals surface area contributed by atoms with Crippen molar-refractivity contribution < 1.29 is 14.7 Å². The van der Waals surface area contributed by atoms with Crippen LogP contribution in [-0.2, 0) is 11.3 Å². The van der Waals surface area contributed by atoms with Gasteiger partial charge in [-0.3, -0.25) is 4.98 Å². The summed E-state index contributed by atoms with van der Waals surface area (Å²) >= 11 is 0. The number of urea groups is 1. The van der Waals surface area contributed by atoms with Gasteiger partial charge in [-0.1, -0.05) is 0 Å². The first-order chi connectivity index (χ1) is 9.04. The Morgan fingerprint density at radius 3 is 2.89 bits per heavy atom. The van der Waals surface area contributed by atoms with Crippen LogP contribution in [0.1, 0.15) is 17.5 Å². The number of hydrogen-bond donors (Lipinski definition) is 3. The SMILES string of the molecule is C#CCC(NC(=O)NCc1ccncc1C)C(=O)O. The predicted octanol–water partition coefficient (Wildman–Crippen LogP) is 0.666. The number of aryl methyl sites for hydroxylation is 1. The van der Waals surface area contributed by atoms with Crippen molar-refractivity contribution in [2.24, 2.45) is 0 Å². The molecular weight excluding hydrogens is 246 g/mol. The number of carbonyl (C=O) groups excluding carboxylic acids is 1. The van der Waals surface area contributed by atoms with Crippen LogP contribution in [0, 0.1) is 19.3 Å². The molecule has 1 heterocycles. The van der Waals surface area contributed by atoms with Crippen LogP contribution >= 0.6 is 0 Å². The number of aromatic nitrogens is 1. The van der Waals surface area contributed by atoms with Crippen molar-refractivity contribution in [3.8, 4) is 12.3 Å². The zero-order chi connectivity index (χ0) is 14.3. The Labute approximate surface area is 111 Å². The molecule has 0 saturated carbocycles. The van der Waals surface area contributed by atoms with E-state index in [4.69, 9.17) is 11.5 Å². The Bertz CT molecular complexity index is 508. The molecule has 100 valence electrons. The summed E-state index contributed by atoms with van der Waals surface area (Å²) in [5, 5.41) is 13.7. The van der Waals surface area contributed by atoms with Crippen LogP contribution in [0.4, 0.5) is 4.79 Å². The van der Waals surface area contributed by atoms with Gasteiger partial charge in [-0.05, 0) is 24.1 Å². The van der Waals surface area contributed by atoms with Gasteiger partial charge < -0.3 is 15.7 Å². The van der Waals surface area contributed by atoms with Crippen molar-refractivity contribution in [2.75, 3.05) is 0 Å². The van der Waals surface area contributed by atoms with Gasteiger partial charge >= 0.3 is 12.0 Å². The van der Waals surface area contributed by atoms with E-state index in [1.165, 1.54) is 0 Å². The molecule has 1 aromatic heterocycles. The van der Waals surface area contributed by atoms with Gasteiger partial charge in [0.25, 0.3) is 0 Å². The fraction of sp³-hybridized carbons (Fsp3) is 0.308. The molecule has 2 amide bonds. The van der Waals surface area contributed by atoms with E-state index < -0.39 is 18.0 Å². The highest BCUT2D eigenvalue weighted by molar-refractivity contribution is 5.82. The summed E-state index contributed by atoms with van der Waals surface area (Å²) in [6.45, 7) is 2.17. The van der Waals surface area contributed by atoms with Crippen molar-refractivity contribution >= 4 is 12.0 Å². The van der Waals surface area contributed by atoms with Crippen LogP contribution in [0.15, 0.2) is 18.5 Å². The van der Waals surface area contributed by atoms with Crippen molar-refractivity contribution in [1.82, 2.24) is 15.6 Å². The second kappa shape index (κ2) is 7.01. The molecule has 0 radical (unpaired) electrons. The summed E-state index contributed by atoms with van der Waals surface area (Å²) in [6, 6.07) is 0.133. The van der Waals surface area contributed by atoms with Gasteiger partial charge in [0, 0.05) is 25.4 Å². The molecule has 0 fully saturated rings.